The Balaban J connectivity index is 2.47. The van der Waals surface area contributed by atoms with Crippen LogP contribution in [-0.2, 0) is 9.63 Å². The molecule has 0 saturated carbocycles. The predicted molar refractivity (Wildman–Crippen MR) is 46.8 cm³/mol. The van der Waals surface area contributed by atoms with E-state index in [1.165, 1.54) is 6.07 Å². The Bertz CT molecular complexity index is 366. The van der Waals surface area contributed by atoms with E-state index in [9.17, 15) is 14.0 Å². The molecule has 1 heterocycles. The highest BCUT2D eigenvalue weighted by atomic mass is 19.1. The topological polar surface area (TPSA) is 94.3 Å². The maximum atomic E-state index is 12.4. The molecule has 0 bridgehead atoms. The number of primary amides is 1. The molecule has 3 N–H and O–H groups in total. The number of halogens is 1. The van der Waals surface area contributed by atoms with Gasteiger partial charge in [-0.15, -0.1) is 0 Å². The number of hydroxylamine groups is 1. The Morgan fingerprint density at radius 1 is 1.53 bits per heavy atom. The van der Waals surface area contributed by atoms with Crippen LogP contribution in [0.4, 0.5) is 4.39 Å². The maximum Gasteiger partial charge on any atom is 0.293 e. The van der Waals surface area contributed by atoms with Gasteiger partial charge in [-0.3, -0.25) is 14.4 Å². The quantitative estimate of drug-likeness (QED) is 0.651. The Morgan fingerprint density at radius 2 is 2.27 bits per heavy atom. The van der Waals surface area contributed by atoms with E-state index in [0.717, 1.165) is 12.3 Å². The first-order valence-corrected chi connectivity index (χ1v) is 3.91. The summed E-state index contributed by atoms with van der Waals surface area (Å²) in [7, 11) is 0. The van der Waals surface area contributed by atoms with Gasteiger partial charge in [-0.25, -0.2) is 14.9 Å². The monoisotopic (exact) mass is 213 g/mol. The lowest BCUT2D eigenvalue weighted by molar-refractivity contribution is -0.124. The number of pyridine rings is 1. The Hall–Kier alpha value is -2.02. The number of nitrogens with one attached hydrogen (secondary N) is 1. The largest absolute Gasteiger partial charge is 0.368 e. The predicted octanol–water partition coefficient (Wildman–Crippen LogP) is -0.633. The number of hydrogen-bond acceptors (Lipinski definition) is 4. The Kier molecular flexibility index (Phi) is 3.69. The normalized spacial score (nSPS) is 9.67. The summed E-state index contributed by atoms with van der Waals surface area (Å²) < 4.78 is 12.4. The molecule has 0 unspecified atom stereocenters. The van der Waals surface area contributed by atoms with Crippen LogP contribution in [0, 0.1) is 5.82 Å². The third kappa shape index (κ3) is 3.69. The molecule has 0 aliphatic rings. The van der Waals surface area contributed by atoms with E-state index >= 15 is 0 Å². The Morgan fingerprint density at radius 3 is 2.80 bits per heavy atom. The fraction of sp³-hybridized carbons (Fsp3) is 0.125. The van der Waals surface area contributed by atoms with Gasteiger partial charge < -0.3 is 5.73 Å². The number of nitrogens with zero attached hydrogens (tertiary/aromatic N) is 1. The lowest BCUT2D eigenvalue weighted by atomic mass is 10.3. The summed E-state index contributed by atoms with van der Waals surface area (Å²) in [6.45, 7) is -0.438. The molecule has 0 aromatic carbocycles. The SMILES string of the molecule is NC(=O)CONC(=O)c1ccc(F)cn1. The molecule has 0 fully saturated rings. The number of nitrogens with two attached hydrogens (primary N) is 1. The Labute approximate surface area is 84.2 Å². The van der Waals surface area contributed by atoms with Crippen molar-refractivity contribution in [2.45, 2.75) is 0 Å². The summed E-state index contributed by atoms with van der Waals surface area (Å²) >= 11 is 0. The van der Waals surface area contributed by atoms with Crippen LogP contribution in [0.1, 0.15) is 10.5 Å². The average molecular weight is 213 g/mol. The van der Waals surface area contributed by atoms with Crippen LogP contribution in [0.5, 0.6) is 0 Å². The van der Waals surface area contributed by atoms with Crippen molar-refractivity contribution in [1.29, 1.82) is 0 Å². The zero-order valence-corrected chi connectivity index (χ0v) is 7.57. The third-order valence-electron chi connectivity index (χ3n) is 1.34. The zero-order valence-electron chi connectivity index (χ0n) is 7.57. The molecular formula is C8H8FN3O3. The van der Waals surface area contributed by atoms with Gasteiger partial charge >= 0.3 is 0 Å². The summed E-state index contributed by atoms with van der Waals surface area (Å²) in [5.74, 6) is -1.96. The van der Waals surface area contributed by atoms with Crippen molar-refractivity contribution in [3.63, 3.8) is 0 Å². The minimum Gasteiger partial charge on any atom is -0.368 e. The summed E-state index contributed by atoms with van der Waals surface area (Å²) in [6.07, 6.45) is 0.892. The zero-order chi connectivity index (χ0) is 11.3. The molecule has 7 heteroatoms. The van der Waals surface area contributed by atoms with Crippen molar-refractivity contribution < 1.29 is 18.8 Å². The van der Waals surface area contributed by atoms with Crippen molar-refractivity contribution >= 4 is 11.8 Å². The second-order valence-corrected chi connectivity index (χ2v) is 2.55. The van der Waals surface area contributed by atoms with Crippen LogP contribution in [0.3, 0.4) is 0 Å². The highest BCUT2D eigenvalue weighted by Crippen LogP contribution is 1.97. The minimum absolute atomic E-state index is 0.0270. The first-order valence-electron chi connectivity index (χ1n) is 3.91. The smallest absolute Gasteiger partial charge is 0.293 e. The number of carbonyl (C=O) groups excluding carboxylic acids is 2. The van der Waals surface area contributed by atoms with E-state index in [-0.39, 0.29) is 5.69 Å². The van der Waals surface area contributed by atoms with Crippen LogP contribution in [0.25, 0.3) is 0 Å². The summed E-state index contributed by atoms with van der Waals surface area (Å²) in [5.41, 5.74) is 6.65. The molecule has 0 atom stereocenters. The lowest BCUT2D eigenvalue weighted by Gasteiger charge is -2.02. The van der Waals surface area contributed by atoms with Gasteiger partial charge in [-0.2, -0.15) is 0 Å². The standard InChI is InChI=1S/C8H8FN3O3/c9-5-1-2-6(11-3-5)8(14)12-15-4-7(10)13/h1-3H,4H2,(H2,10,13)(H,12,14). The van der Waals surface area contributed by atoms with Gasteiger partial charge in [0.05, 0.1) is 6.20 Å². The van der Waals surface area contributed by atoms with E-state index in [4.69, 9.17) is 5.73 Å². The van der Waals surface area contributed by atoms with Gasteiger partial charge in [-0.05, 0) is 12.1 Å². The van der Waals surface area contributed by atoms with Crippen LogP contribution >= 0.6 is 0 Å². The van der Waals surface area contributed by atoms with Crippen molar-refractivity contribution in [3.05, 3.63) is 29.8 Å². The highest BCUT2D eigenvalue weighted by Gasteiger charge is 2.07. The number of carbonyl (C=O) groups is 2. The first-order chi connectivity index (χ1) is 7.09. The second kappa shape index (κ2) is 5.01. The molecule has 1 aromatic rings. The first kappa shape index (κ1) is 11.1. The number of aromatic nitrogens is 1. The van der Waals surface area contributed by atoms with Crippen molar-refractivity contribution in [1.82, 2.24) is 10.5 Å². The molecule has 0 spiro atoms. The van der Waals surface area contributed by atoms with Crippen LogP contribution in [0.2, 0.25) is 0 Å². The van der Waals surface area contributed by atoms with E-state index in [1.54, 1.807) is 0 Å². The van der Waals surface area contributed by atoms with Crippen LogP contribution < -0.4 is 11.2 Å². The van der Waals surface area contributed by atoms with E-state index in [0.29, 0.717) is 0 Å². The van der Waals surface area contributed by atoms with E-state index in [1.807, 2.05) is 5.48 Å². The van der Waals surface area contributed by atoms with Gasteiger partial charge in [0.2, 0.25) is 5.91 Å². The van der Waals surface area contributed by atoms with Crippen LogP contribution in [-0.4, -0.2) is 23.4 Å². The van der Waals surface area contributed by atoms with E-state index < -0.39 is 24.2 Å². The molecule has 15 heavy (non-hydrogen) atoms. The second-order valence-electron chi connectivity index (χ2n) is 2.55. The van der Waals surface area contributed by atoms with Gasteiger partial charge in [0.25, 0.3) is 5.91 Å². The maximum absolute atomic E-state index is 12.4. The molecule has 0 radical (unpaired) electrons. The lowest BCUT2D eigenvalue weighted by Crippen LogP contribution is -2.29. The molecule has 0 aliphatic heterocycles. The molecule has 80 valence electrons. The van der Waals surface area contributed by atoms with Crippen molar-refractivity contribution in [2.75, 3.05) is 6.61 Å². The van der Waals surface area contributed by atoms with Crippen LogP contribution in [0.15, 0.2) is 18.3 Å². The summed E-state index contributed by atoms with van der Waals surface area (Å²) in [5, 5.41) is 0. The minimum atomic E-state index is -0.720. The summed E-state index contributed by atoms with van der Waals surface area (Å²) in [4.78, 5) is 29.3. The fourth-order valence-corrected chi connectivity index (χ4v) is 0.735. The van der Waals surface area contributed by atoms with E-state index in [2.05, 4.69) is 9.82 Å². The third-order valence-corrected chi connectivity index (χ3v) is 1.34. The van der Waals surface area contributed by atoms with Gasteiger partial charge in [0, 0.05) is 0 Å². The average Bonchev–Trinajstić information content (AvgIpc) is 2.18. The molecule has 0 aliphatic carbocycles. The summed E-state index contributed by atoms with van der Waals surface area (Å²) in [6, 6.07) is 2.26. The van der Waals surface area contributed by atoms with Crippen molar-refractivity contribution in [3.8, 4) is 0 Å². The number of hydrogen-bond donors (Lipinski definition) is 2. The fourth-order valence-electron chi connectivity index (χ4n) is 0.735. The molecule has 1 aromatic heterocycles. The number of amides is 2. The van der Waals surface area contributed by atoms with Gasteiger partial charge in [0.1, 0.15) is 11.5 Å². The number of rotatable bonds is 4. The van der Waals surface area contributed by atoms with Gasteiger partial charge in [-0.1, -0.05) is 0 Å². The molecule has 6 nitrogen and oxygen atoms in total. The molecule has 0 saturated heterocycles. The molecular weight excluding hydrogens is 205 g/mol. The molecule has 1 rings (SSSR count). The molecule has 2 amide bonds. The van der Waals surface area contributed by atoms with Crippen molar-refractivity contribution in [2.24, 2.45) is 5.73 Å². The van der Waals surface area contributed by atoms with Gasteiger partial charge in [0.15, 0.2) is 6.61 Å². The highest BCUT2D eigenvalue weighted by molar-refractivity contribution is 5.91.